The van der Waals surface area contributed by atoms with Gasteiger partial charge in [0.2, 0.25) is 6.29 Å². The molecule has 1 unspecified atom stereocenters. The summed E-state index contributed by atoms with van der Waals surface area (Å²) in [4.78, 5) is 5.46. The van der Waals surface area contributed by atoms with Crippen molar-refractivity contribution in [2.75, 3.05) is 0 Å². The fourth-order valence-corrected chi connectivity index (χ4v) is 9.97. The molecule has 0 bridgehead atoms. The lowest BCUT2D eigenvalue weighted by molar-refractivity contribution is 0.490. The summed E-state index contributed by atoms with van der Waals surface area (Å²) >= 11 is 1.88. The van der Waals surface area contributed by atoms with Crippen LogP contribution in [0.4, 0.5) is 0 Å². The van der Waals surface area contributed by atoms with Crippen molar-refractivity contribution in [1.29, 1.82) is 0 Å². The molecule has 0 radical (unpaired) electrons. The Balaban J connectivity index is 1.24. The van der Waals surface area contributed by atoms with Gasteiger partial charge < -0.3 is 14.5 Å². The van der Waals surface area contributed by atoms with Crippen molar-refractivity contribution in [2.45, 2.75) is 6.29 Å². The first-order valence-electron chi connectivity index (χ1n) is 18.1. The molecule has 1 N–H and O–H groups in total. The number of nitrogens with one attached hydrogen (secondary N) is 1. The molecule has 0 saturated heterocycles. The van der Waals surface area contributed by atoms with Gasteiger partial charge in [0.25, 0.3) is 0 Å². The van der Waals surface area contributed by atoms with Crippen LogP contribution in [0.2, 0.25) is 0 Å². The fraction of sp³-hybridized carbons (Fsp3) is 0.0208. The van der Waals surface area contributed by atoms with Crippen molar-refractivity contribution in [3.63, 3.8) is 0 Å². The van der Waals surface area contributed by atoms with E-state index in [2.05, 4.69) is 184 Å². The van der Waals surface area contributed by atoms with Gasteiger partial charge in [-0.2, -0.15) is 0 Å². The van der Waals surface area contributed by atoms with Gasteiger partial charge in [0, 0.05) is 52.6 Å². The SMILES string of the molecule is c1ccc(C2=c3ccccc3=NC(n3c4ccccc4c4ccc5sc6ccc7c8ccccc8n(-c8ccc9ccccc9c8)c7c6c5c43)N2)cc1. The van der Waals surface area contributed by atoms with Crippen LogP contribution in [-0.2, 0) is 0 Å². The maximum atomic E-state index is 5.46. The van der Waals surface area contributed by atoms with Gasteiger partial charge in [0.1, 0.15) is 0 Å². The van der Waals surface area contributed by atoms with Crippen molar-refractivity contribution in [2.24, 2.45) is 4.99 Å². The van der Waals surface area contributed by atoms with Gasteiger partial charge in [-0.05, 0) is 58.8 Å². The van der Waals surface area contributed by atoms with E-state index in [0.29, 0.717) is 0 Å². The minimum Gasteiger partial charge on any atom is -0.345 e. The summed E-state index contributed by atoms with van der Waals surface area (Å²) in [5, 5.41) is 16.0. The van der Waals surface area contributed by atoms with E-state index in [4.69, 9.17) is 4.99 Å². The lowest BCUT2D eigenvalue weighted by atomic mass is 10.0. The Morgan fingerprint density at radius 2 is 1.15 bits per heavy atom. The van der Waals surface area contributed by atoms with Crippen LogP contribution in [-0.4, -0.2) is 9.13 Å². The van der Waals surface area contributed by atoms with Gasteiger partial charge in [-0.25, -0.2) is 4.99 Å². The normalized spacial score (nSPS) is 14.5. The average molecular weight is 695 g/mol. The fourth-order valence-electron chi connectivity index (χ4n) is 8.86. The first-order valence-corrected chi connectivity index (χ1v) is 18.9. The summed E-state index contributed by atoms with van der Waals surface area (Å²) in [5.41, 5.74) is 8.21. The Morgan fingerprint density at radius 1 is 0.509 bits per heavy atom. The first kappa shape index (κ1) is 28.9. The molecule has 8 aromatic carbocycles. The number of para-hydroxylation sites is 3. The van der Waals surface area contributed by atoms with Crippen molar-refractivity contribution in [3.8, 4) is 5.69 Å². The van der Waals surface area contributed by atoms with Crippen LogP contribution in [0.15, 0.2) is 175 Å². The summed E-state index contributed by atoms with van der Waals surface area (Å²) in [6.45, 7) is 0. The number of hydrogen-bond donors (Lipinski definition) is 1. The predicted molar refractivity (Wildman–Crippen MR) is 223 cm³/mol. The highest BCUT2D eigenvalue weighted by molar-refractivity contribution is 7.26. The van der Waals surface area contributed by atoms with E-state index in [9.17, 15) is 0 Å². The topological polar surface area (TPSA) is 34.2 Å². The third-order valence-corrected chi connectivity index (χ3v) is 12.2. The highest BCUT2D eigenvalue weighted by Crippen LogP contribution is 2.47. The van der Waals surface area contributed by atoms with Crippen LogP contribution in [0.25, 0.3) is 85.9 Å². The van der Waals surface area contributed by atoms with Crippen LogP contribution >= 0.6 is 11.3 Å². The molecule has 3 aromatic heterocycles. The molecule has 1 atom stereocenters. The van der Waals surface area contributed by atoms with E-state index in [0.717, 1.165) is 33.0 Å². The number of benzene rings is 8. The Morgan fingerprint density at radius 3 is 1.98 bits per heavy atom. The second kappa shape index (κ2) is 10.9. The molecule has 248 valence electrons. The molecule has 0 fully saturated rings. The monoisotopic (exact) mass is 694 g/mol. The quantitative estimate of drug-likeness (QED) is 0.196. The zero-order chi connectivity index (χ0) is 34.6. The van der Waals surface area contributed by atoms with E-state index in [1.54, 1.807) is 0 Å². The molecule has 4 nitrogen and oxygen atoms in total. The Labute approximate surface area is 307 Å². The van der Waals surface area contributed by atoms with Gasteiger partial charge in [-0.15, -0.1) is 11.3 Å². The molecule has 1 aliphatic rings. The van der Waals surface area contributed by atoms with Crippen LogP contribution in [0.3, 0.4) is 0 Å². The van der Waals surface area contributed by atoms with Crippen molar-refractivity contribution < 1.29 is 0 Å². The Hall–Kier alpha value is -6.69. The summed E-state index contributed by atoms with van der Waals surface area (Å²) < 4.78 is 7.50. The third kappa shape index (κ3) is 4.08. The van der Waals surface area contributed by atoms with Gasteiger partial charge in [-0.3, -0.25) is 0 Å². The third-order valence-electron chi connectivity index (χ3n) is 11.1. The van der Waals surface area contributed by atoms with Crippen molar-refractivity contribution >= 4 is 91.6 Å². The van der Waals surface area contributed by atoms with Gasteiger partial charge in [0.05, 0.1) is 33.1 Å². The molecular weight excluding hydrogens is 665 g/mol. The number of rotatable bonds is 3. The highest BCUT2D eigenvalue weighted by atomic mass is 32.1. The molecule has 0 aliphatic carbocycles. The van der Waals surface area contributed by atoms with E-state index in [1.807, 2.05) is 11.3 Å². The van der Waals surface area contributed by atoms with Gasteiger partial charge in [-0.1, -0.05) is 127 Å². The number of thiophene rings is 1. The first-order chi connectivity index (χ1) is 26.3. The molecule has 53 heavy (non-hydrogen) atoms. The van der Waals surface area contributed by atoms with Crippen molar-refractivity contribution in [1.82, 2.24) is 14.5 Å². The molecule has 11 aromatic rings. The second-order valence-corrected chi connectivity index (χ2v) is 15.0. The smallest absolute Gasteiger partial charge is 0.201 e. The van der Waals surface area contributed by atoms with Crippen LogP contribution in [0, 0.1) is 0 Å². The second-order valence-electron chi connectivity index (χ2n) is 13.9. The number of nitrogens with zero attached hydrogens (tertiary/aromatic N) is 3. The molecule has 4 heterocycles. The Kier molecular flexibility index (Phi) is 5.96. The number of aromatic nitrogens is 2. The molecule has 12 rings (SSSR count). The maximum absolute atomic E-state index is 5.46. The summed E-state index contributed by atoms with van der Waals surface area (Å²) in [6.07, 6.45) is -0.367. The molecule has 1 aliphatic heterocycles. The maximum Gasteiger partial charge on any atom is 0.201 e. The lowest BCUT2D eigenvalue weighted by Crippen LogP contribution is -2.41. The van der Waals surface area contributed by atoms with E-state index >= 15 is 0 Å². The number of fused-ring (bicyclic) bond motifs is 13. The highest BCUT2D eigenvalue weighted by Gasteiger charge is 2.26. The van der Waals surface area contributed by atoms with Crippen LogP contribution in [0.5, 0.6) is 0 Å². The van der Waals surface area contributed by atoms with Crippen LogP contribution in [0.1, 0.15) is 11.9 Å². The van der Waals surface area contributed by atoms with E-state index in [-0.39, 0.29) is 6.29 Å². The minimum absolute atomic E-state index is 0.367. The average Bonchev–Trinajstić information content (AvgIpc) is 3.88. The molecular formula is C48H30N4S. The van der Waals surface area contributed by atoms with E-state index < -0.39 is 0 Å². The van der Waals surface area contributed by atoms with Crippen LogP contribution < -0.4 is 15.9 Å². The molecule has 0 spiro atoms. The lowest BCUT2D eigenvalue weighted by Gasteiger charge is -2.25. The zero-order valence-electron chi connectivity index (χ0n) is 28.5. The number of hydrogen-bond acceptors (Lipinski definition) is 3. The zero-order valence-corrected chi connectivity index (χ0v) is 29.3. The van der Waals surface area contributed by atoms with Crippen molar-refractivity contribution in [3.05, 3.63) is 186 Å². The predicted octanol–water partition coefficient (Wildman–Crippen LogP) is 10.9. The summed E-state index contributed by atoms with van der Waals surface area (Å²) in [7, 11) is 0. The summed E-state index contributed by atoms with van der Waals surface area (Å²) in [5.74, 6) is 0. The van der Waals surface area contributed by atoms with E-state index in [1.165, 1.54) is 69.0 Å². The van der Waals surface area contributed by atoms with Gasteiger partial charge in [0.15, 0.2) is 0 Å². The van der Waals surface area contributed by atoms with Gasteiger partial charge >= 0.3 is 0 Å². The Bertz CT molecular complexity index is 3440. The molecule has 0 amide bonds. The largest absolute Gasteiger partial charge is 0.345 e. The minimum atomic E-state index is -0.367. The standard InChI is InChI=1S/C48H30N4S/c1-2-13-30(14-3-1)45-37-18-6-9-19-38(37)49-48(50-45)52-40-21-11-8-17-34(40)36-25-27-42-44(47(36)52)43-41(53-42)26-24-35-33-16-7-10-20-39(33)51(46(35)43)32-23-22-29-12-4-5-15-31(29)28-32/h1-28,48,50H. The molecule has 0 saturated carbocycles. The molecule has 5 heteroatoms. The summed E-state index contributed by atoms with van der Waals surface area (Å²) in [6, 6.07) is 61.6.